The van der Waals surface area contributed by atoms with Crippen LogP contribution in [-0.2, 0) is 9.59 Å². The summed E-state index contributed by atoms with van der Waals surface area (Å²) in [5.41, 5.74) is 0.666. The third kappa shape index (κ3) is 5.59. The molecule has 1 unspecified atom stereocenters. The van der Waals surface area contributed by atoms with Crippen molar-refractivity contribution in [2.45, 2.75) is 13.0 Å². The van der Waals surface area contributed by atoms with Crippen LogP contribution in [0.25, 0.3) is 0 Å². The minimum atomic E-state index is -0.953. The van der Waals surface area contributed by atoms with Crippen LogP contribution in [0.4, 0.5) is 5.69 Å². The molecule has 106 valence electrons. The Bertz CT molecular complexity index is 456. The maximum absolute atomic E-state index is 11.7. The first-order valence-corrected chi connectivity index (χ1v) is 6.18. The number of nitrogens with one attached hydrogen (secondary N) is 1. The van der Waals surface area contributed by atoms with Crippen molar-refractivity contribution in [3.63, 3.8) is 0 Å². The molecule has 7 heteroatoms. The number of benzene rings is 1. The zero-order valence-electron chi connectivity index (χ0n) is 10.6. The minimum absolute atomic E-state index is 0. The molecule has 0 saturated heterocycles. The highest BCUT2D eigenvalue weighted by molar-refractivity contribution is 9.10. The van der Waals surface area contributed by atoms with Gasteiger partial charge in [0.05, 0.1) is 12.2 Å². The zero-order valence-corrected chi connectivity index (χ0v) is 13.0. The summed E-state index contributed by atoms with van der Waals surface area (Å²) in [4.78, 5) is 24.0. The van der Waals surface area contributed by atoms with E-state index in [1.54, 1.807) is 13.1 Å². The highest BCUT2D eigenvalue weighted by Gasteiger charge is 2.19. The topological polar surface area (TPSA) is 69.6 Å². The number of amides is 1. The van der Waals surface area contributed by atoms with Crippen LogP contribution in [0.15, 0.2) is 28.7 Å². The number of hydrogen-bond donors (Lipinski definition) is 2. The molecule has 1 rings (SSSR count). The Kier molecular flexibility index (Phi) is 7.66. The Morgan fingerprint density at radius 1 is 1.42 bits per heavy atom. The first kappa shape index (κ1) is 17.9. The number of likely N-dealkylation sites (N-methyl/N-ethyl adjacent to an activating group) is 1. The molecular formula is C12H16BrClN2O3. The molecule has 0 fully saturated rings. The van der Waals surface area contributed by atoms with E-state index in [0.29, 0.717) is 5.69 Å². The van der Waals surface area contributed by atoms with Gasteiger partial charge in [-0.25, -0.2) is 0 Å². The average molecular weight is 352 g/mol. The Balaban J connectivity index is 0.00000324. The Labute approximate surface area is 126 Å². The van der Waals surface area contributed by atoms with Gasteiger partial charge in [0.1, 0.15) is 6.04 Å². The molecule has 0 aliphatic heterocycles. The van der Waals surface area contributed by atoms with Gasteiger partial charge in [-0.2, -0.15) is 0 Å². The van der Waals surface area contributed by atoms with Crippen LogP contribution in [0.5, 0.6) is 0 Å². The van der Waals surface area contributed by atoms with Gasteiger partial charge in [-0.3, -0.25) is 14.5 Å². The first-order valence-electron chi connectivity index (χ1n) is 5.39. The van der Waals surface area contributed by atoms with Crippen LogP contribution in [0.3, 0.4) is 0 Å². The maximum Gasteiger partial charge on any atom is 0.320 e. The number of carbonyl (C=O) groups is 2. The van der Waals surface area contributed by atoms with Crippen molar-refractivity contribution in [2.75, 3.05) is 18.9 Å². The van der Waals surface area contributed by atoms with E-state index >= 15 is 0 Å². The summed E-state index contributed by atoms with van der Waals surface area (Å²) in [5.74, 6) is -1.20. The number of carboxylic acid groups (broad SMARTS) is 1. The van der Waals surface area contributed by atoms with Gasteiger partial charge in [-0.1, -0.05) is 12.1 Å². The van der Waals surface area contributed by atoms with Crippen molar-refractivity contribution in [3.8, 4) is 0 Å². The molecular weight excluding hydrogens is 336 g/mol. The van der Waals surface area contributed by atoms with Crippen LogP contribution in [0.2, 0.25) is 0 Å². The normalized spacial score (nSPS) is 11.6. The summed E-state index contributed by atoms with van der Waals surface area (Å²) in [6.45, 7) is 1.56. The van der Waals surface area contributed by atoms with E-state index in [1.165, 1.54) is 11.8 Å². The summed E-state index contributed by atoms with van der Waals surface area (Å²) in [6, 6.07) is 6.54. The van der Waals surface area contributed by atoms with Gasteiger partial charge < -0.3 is 10.4 Å². The van der Waals surface area contributed by atoms with Crippen LogP contribution in [-0.4, -0.2) is 41.5 Å². The molecule has 0 aliphatic carbocycles. The smallest absolute Gasteiger partial charge is 0.320 e. The second-order valence-corrected chi connectivity index (χ2v) is 4.81. The van der Waals surface area contributed by atoms with Gasteiger partial charge in [0.15, 0.2) is 0 Å². The van der Waals surface area contributed by atoms with Crippen molar-refractivity contribution >= 4 is 45.9 Å². The molecule has 0 radical (unpaired) electrons. The Hall–Kier alpha value is -1.11. The lowest BCUT2D eigenvalue weighted by atomic mass is 10.3. The fourth-order valence-corrected chi connectivity index (χ4v) is 1.69. The highest BCUT2D eigenvalue weighted by atomic mass is 79.9. The fourth-order valence-electron chi connectivity index (χ4n) is 1.30. The van der Waals surface area contributed by atoms with Gasteiger partial charge in [0.25, 0.3) is 0 Å². The standard InChI is InChI=1S/C12H15BrN2O3.ClH/c1-8(12(17)18)15(2)7-11(16)14-10-6-4-3-5-9(10)13;/h3-6,8H,7H2,1-2H3,(H,14,16)(H,17,18);1H. The summed E-state index contributed by atoms with van der Waals surface area (Å²) in [5, 5.41) is 11.5. The highest BCUT2D eigenvalue weighted by Crippen LogP contribution is 2.20. The number of carboxylic acids is 1. The van der Waals surface area contributed by atoms with E-state index in [4.69, 9.17) is 5.11 Å². The van der Waals surface area contributed by atoms with Crippen molar-refractivity contribution in [1.29, 1.82) is 0 Å². The van der Waals surface area contributed by atoms with E-state index in [1.807, 2.05) is 18.2 Å². The third-order valence-electron chi connectivity index (χ3n) is 2.56. The molecule has 0 bridgehead atoms. The average Bonchev–Trinajstić information content (AvgIpc) is 2.30. The van der Waals surface area contributed by atoms with Gasteiger partial charge >= 0.3 is 5.97 Å². The quantitative estimate of drug-likeness (QED) is 0.853. The maximum atomic E-state index is 11.7. The predicted molar refractivity (Wildman–Crippen MR) is 79.7 cm³/mol. The molecule has 0 aromatic heterocycles. The zero-order chi connectivity index (χ0) is 13.7. The molecule has 2 N–H and O–H groups in total. The number of anilines is 1. The second kappa shape index (κ2) is 8.14. The number of halogens is 2. The van der Waals surface area contributed by atoms with Gasteiger partial charge in [0, 0.05) is 4.47 Å². The SMILES string of the molecule is CC(C(=O)O)N(C)CC(=O)Nc1ccccc1Br.Cl. The van der Waals surface area contributed by atoms with Crippen molar-refractivity contribution in [1.82, 2.24) is 4.90 Å². The van der Waals surface area contributed by atoms with Crippen LogP contribution >= 0.6 is 28.3 Å². The largest absolute Gasteiger partial charge is 0.480 e. The van der Waals surface area contributed by atoms with Crippen LogP contribution < -0.4 is 5.32 Å². The van der Waals surface area contributed by atoms with E-state index in [9.17, 15) is 9.59 Å². The molecule has 1 aromatic rings. The monoisotopic (exact) mass is 350 g/mol. The molecule has 0 spiro atoms. The molecule has 19 heavy (non-hydrogen) atoms. The van der Waals surface area contributed by atoms with Crippen LogP contribution in [0.1, 0.15) is 6.92 Å². The lowest BCUT2D eigenvalue weighted by Crippen LogP contribution is -2.40. The number of nitrogens with zero attached hydrogens (tertiary/aromatic N) is 1. The number of para-hydroxylation sites is 1. The van der Waals surface area contributed by atoms with E-state index in [0.717, 1.165) is 4.47 Å². The minimum Gasteiger partial charge on any atom is -0.480 e. The van der Waals surface area contributed by atoms with Gasteiger partial charge in [0.2, 0.25) is 5.91 Å². The van der Waals surface area contributed by atoms with E-state index in [-0.39, 0.29) is 24.9 Å². The molecule has 1 amide bonds. The van der Waals surface area contributed by atoms with E-state index < -0.39 is 12.0 Å². The number of rotatable bonds is 5. The number of carbonyl (C=O) groups excluding carboxylic acids is 1. The number of hydrogen-bond acceptors (Lipinski definition) is 3. The summed E-state index contributed by atoms with van der Waals surface area (Å²) >= 11 is 3.32. The molecule has 0 heterocycles. The second-order valence-electron chi connectivity index (χ2n) is 3.96. The van der Waals surface area contributed by atoms with Crippen molar-refractivity contribution in [2.24, 2.45) is 0 Å². The molecule has 0 saturated carbocycles. The summed E-state index contributed by atoms with van der Waals surface area (Å²) in [7, 11) is 1.60. The van der Waals surface area contributed by atoms with Gasteiger partial charge in [-0.05, 0) is 42.0 Å². The molecule has 1 aromatic carbocycles. The summed E-state index contributed by atoms with van der Waals surface area (Å²) < 4.78 is 0.785. The van der Waals surface area contributed by atoms with E-state index in [2.05, 4.69) is 21.2 Å². The Morgan fingerprint density at radius 3 is 2.53 bits per heavy atom. The van der Waals surface area contributed by atoms with Gasteiger partial charge in [-0.15, -0.1) is 12.4 Å². The molecule has 5 nitrogen and oxygen atoms in total. The van der Waals surface area contributed by atoms with Crippen molar-refractivity contribution in [3.05, 3.63) is 28.7 Å². The van der Waals surface area contributed by atoms with Crippen molar-refractivity contribution < 1.29 is 14.7 Å². The molecule has 1 atom stereocenters. The fraction of sp³-hybridized carbons (Fsp3) is 0.333. The predicted octanol–water partition coefficient (Wildman–Crippen LogP) is 2.21. The molecule has 0 aliphatic rings. The summed E-state index contributed by atoms with van der Waals surface area (Å²) in [6.07, 6.45) is 0. The third-order valence-corrected chi connectivity index (χ3v) is 3.25. The lowest BCUT2D eigenvalue weighted by molar-refractivity contribution is -0.142. The lowest BCUT2D eigenvalue weighted by Gasteiger charge is -2.20. The number of aliphatic carboxylic acids is 1. The first-order chi connectivity index (χ1) is 8.41. The van der Waals surface area contributed by atoms with Crippen LogP contribution in [0, 0.1) is 0 Å². The Morgan fingerprint density at radius 2 is 2.00 bits per heavy atom.